The normalized spacial score (nSPS) is 13.1. The lowest BCUT2D eigenvalue weighted by atomic mass is 10.1. The van der Waals surface area contributed by atoms with Gasteiger partial charge in [-0.3, -0.25) is 4.79 Å². The van der Waals surface area contributed by atoms with Crippen molar-refractivity contribution in [3.05, 3.63) is 29.1 Å². The molecule has 0 fully saturated rings. The molecule has 1 amide bonds. The Labute approximate surface area is 118 Å². The van der Waals surface area contributed by atoms with E-state index in [0.717, 1.165) is 12.1 Å². The summed E-state index contributed by atoms with van der Waals surface area (Å²) < 4.78 is 40.1. The van der Waals surface area contributed by atoms with E-state index in [4.69, 9.17) is 0 Å². The zero-order valence-corrected chi connectivity index (χ0v) is 12.8. The number of amides is 1. The van der Waals surface area contributed by atoms with E-state index in [-0.39, 0.29) is 4.90 Å². The highest BCUT2D eigenvalue weighted by Crippen LogP contribution is 2.21. The van der Waals surface area contributed by atoms with Crippen LogP contribution in [0.4, 0.5) is 4.39 Å². The number of hydrogen-bond acceptors (Lipinski definition) is 3. The summed E-state index contributed by atoms with van der Waals surface area (Å²) in [5.74, 6) is -0.899. The van der Waals surface area contributed by atoms with Crippen LogP contribution in [0, 0.1) is 19.7 Å². The predicted octanol–water partition coefficient (Wildman–Crippen LogP) is 1.25. The molecule has 1 aromatic rings. The summed E-state index contributed by atoms with van der Waals surface area (Å²) in [4.78, 5) is 11.6. The topological polar surface area (TPSA) is 75.3 Å². The van der Waals surface area contributed by atoms with Gasteiger partial charge in [-0.05, 0) is 51.0 Å². The lowest BCUT2D eigenvalue weighted by molar-refractivity contribution is -0.122. The van der Waals surface area contributed by atoms with E-state index in [9.17, 15) is 17.6 Å². The molecule has 5 nitrogen and oxygen atoms in total. The van der Waals surface area contributed by atoms with Crippen LogP contribution >= 0.6 is 0 Å². The predicted molar refractivity (Wildman–Crippen MR) is 74.3 cm³/mol. The molecule has 0 aromatic heterocycles. The minimum atomic E-state index is -3.88. The zero-order chi connectivity index (χ0) is 15.5. The molecule has 0 radical (unpaired) electrons. The Morgan fingerprint density at radius 2 is 1.80 bits per heavy atom. The van der Waals surface area contributed by atoms with Crippen LogP contribution in [-0.4, -0.2) is 26.9 Å². The summed E-state index contributed by atoms with van der Waals surface area (Å²) in [6, 6.07) is 1.40. The number of carbonyl (C=O) groups excluding carboxylic acids is 1. The van der Waals surface area contributed by atoms with Crippen molar-refractivity contribution in [2.75, 3.05) is 6.54 Å². The van der Waals surface area contributed by atoms with Crippen LogP contribution in [0.25, 0.3) is 0 Å². The van der Waals surface area contributed by atoms with Gasteiger partial charge in [0.25, 0.3) is 0 Å². The number of sulfonamides is 1. The van der Waals surface area contributed by atoms with E-state index in [1.54, 1.807) is 6.92 Å². The molecule has 0 aliphatic heterocycles. The van der Waals surface area contributed by atoms with Crippen LogP contribution in [0.3, 0.4) is 0 Å². The molecule has 0 saturated heterocycles. The highest BCUT2D eigenvalue weighted by molar-refractivity contribution is 7.89. The van der Waals surface area contributed by atoms with Gasteiger partial charge in [0.15, 0.2) is 0 Å². The van der Waals surface area contributed by atoms with E-state index < -0.39 is 27.8 Å². The summed E-state index contributed by atoms with van der Waals surface area (Å²) in [6.07, 6.45) is 0. The minimum Gasteiger partial charge on any atom is -0.355 e. The molecule has 0 aliphatic carbocycles. The van der Waals surface area contributed by atoms with E-state index in [1.165, 1.54) is 20.8 Å². The Morgan fingerprint density at radius 3 is 2.25 bits per heavy atom. The quantitative estimate of drug-likeness (QED) is 0.859. The first-order valence-electron chi connectivity index (χ1n) is 6.25. The molecule has 112 valence electrons. The van der Waals surface area contributed by atoms with Crippen LogP contribution in [0.1, 0.15) is 25.0 Å². The van der Waals surface area contributed by atoms with Crippen molar-refractivity contribution in [3.8, 4) is 0 Å². The van der Waals surface area contributed by atoms with E-state index in [1.807, 2.05) is 0 Å². The van der Waals surface area contributed by atoms with Crippen molar-refractivity contribution in [2.24, 2.45) is 0 Å². The molecule has 1 atom stereocenters. The van der Waals surface area contributed by atoms with E-state index in [0.29, 0.717) is 17.7 Å². The third kappa shape index (κ3) is 3.77. The van der Waals surface area contributed by atoms with Crippen LogP contribution < -0.4 is 10.0 Å². The molecule has 0 heterocycles. The lowest BCUT2D eigenvalue weighted by Gasteiger charge is -2.16. The van der Waals surface area contributed by atoms with Crippen molar-refractivity contribution >= 4 is 15.9 Å². The SMILES string of the molecule is CCNC(=O)C(C)NS(=O)(=O)c1c(C)cc(F)cc1C. The number of aryl methyl sites for hydroxylation is 2. The Bertz CT molecular complexity index is 591. The van der Waals surface area contributed by atoms with Gasteiger partial charge in [0, 0.05) is 6.54 Å². The van der Waals surface area contributed by atoms with Gasteiger partial charge in [-0.1, -0.05) is 0 Å². The minimum absolute atomic E-state index is 0.00930. The first kappa shape index (κ1) is 16.6. The first-order chi connectivity index (χ1) is 9.19. The summed E-state index contributed by atoms with van der Waals surface area (Å²) in [5, 5.41) is 2.53. The molecule has 0 saturated carbocycles. The van der Waals surface area contributed by atoms with Crippen molar-refractivity contribution in [3.63, 3.8) is 0 Å². The standard InChI is InChI=1S/C13H19FN2O3S/c1-5-15-13(17)10(4)16-20(18,19)12-8(2)6-11(14)7-9(12)3/h6-7,10,16H,5H2,1-4H3,(H,15,17). The molecule has 1 unspecified atom stereocenters. The summed E-state index contributed by atoms with van der Waals surface area (Å²) >= 11 is 0. The number of halogens is 1. The monoisotopic (exact) mass is 302 g/mol. The average molecular weight is 302 g/mol. The largest absolute Gasteiger partial charge is 0.355 e. The molecule has 2 N–H and O–H groups in total. The second-order valence-electron chi connectivity index (χ2n) is 4.61. The maximum atomic E-state index is 13.2. The van der Waals surface area contributed by atoms with Crippen molar-refractivity contribution < 1.29 is 17.6 Å². The maximum Gasteiger partial charge on any atom is 0.241 e. The van der Waals surface area contributed by atoms with Gasteiger partial charge < -0.3 is 5.32 Å². The number of rotatable bonds is 5. The summed E-state index contributed by atoms with van der Waals surface area (Å²) in [7, 11) is -3.88. The molecule has 20 heavy (non-hydrogen) atoms. The van der Waals surface area contributed by atoms with Gasteiger partial charge in [-0.2, -0.15) is 4.72 Å². The van der Waals surface area contributed by atoms with Crippen LogP contribution in [0.5, 0.6) is 0 Å². The number of benzene rings is 1. The third-order valence-corrected chi connectivity index (χ3v) is 4.62. The Hall–Kier alpha value is -1.47. The van der Waals surface area contributed by atoms with Crippen LogP contribution in [0.2, 0.25) is 0 Å². The van der Waals surface area contributed by atoms with Crippen molar-refractivity contribution in [2.45, 2.75) is 38.6 Å². The van der Waals surface area contributed by atoms with E-state index in [2.05, 4.69) is 10.0 Å². The molecule has 1 aromatic carbocycles. The van der Waals surface area contributed by atoms with Crippen molar-refractivity contribution in [1.29, 1.82) is 0 Å². The Morgan fingerprint density at radius 1 is 1.30 bits per heavy atom. The third-order valence-electron chi connectivity index (χ3n) is 2.77. The number of likely N-dealkylation sites (N-methyl/N-ethyl adjacent to an activating group) is 1. The van der Waals surface area contributed by atoms with Gasteiger partial charge >= 0.3 is 0 Å². The highest BCUT2D eigenvalue weighted by Gasteiger charge is 2.25. The fourth-order valence-electron chi connectivity index (χ4n) is 1.99. The summed E-state index contributed by atoms with van der Waals surface area (Å²) in [5.41, 5.74) is 0.608. The average Bonchev–Trinajstić information content (AvgIpc) is 2.26. The highest BCUT2D eigenvalue weighted by atomic mass is 32.2. The fraction of sp³-hybridized carbons (Fsp3) is 0.462. The number of hydrogen-bond donors (Lipinski definition) is 2. The van der Waals surface area contributed by atoms with Crippen LogP contribution in [0.15, 0.2) is 17.0 Å². The lowest BCUT2D eigenvalue weighted by Crippen LogP contribution is -2.44. The molecular weight excluding hydrogens is 283 g/mol. The number of carbonyl (C=O) groups is 1. The van der Waals surface area contributed by atoms with Gasteiger partial charge in [-0.25, -0.2) is 12.8 Å². The Kier molecular flexibility index (Phi) is 5.24. The zero-order valence-electron chi connectivity index (χ0n) is 12.0. The molecule has 1 rings (SSSR count). The second kappa shape index (κ2) is 6.32. The maximum absolute atomic E-state index is 13.2. The van der Waals surface area contributed by atoms with Crippen molar-refractivity contribution in [1.82, 2.24) is 10.0 Å². The van der Waals surface area contributed by atoms with Gasteiger partial charge in [0.05, 0.1) is 10.9 Å². The van der Waals surface area contributed by atoms with Crippen LogP contribution in [-0.2, 0) is 14.8 Å². The molecule has 0 aliphatic rings. The molecular formula is C13H19FN2O3S. The molecule has 0 bridgehead atoms. The second-order valence-corrected chi connectivity index (χ2v) is 6.26. The first-order valence-corrected chi connectivity index (χ1v) is 7.74. The van der Waals surface area contributed by atoms with Gasteiger partial charge in [0.1, 0.15) is 5.82 Å². The Balaban J connectivity index is 3.10. The van der Waals surface area contributed by atoms with E-state index >= 15 is 0 Å². The smallest absolute Gasteiger partial charge is 0.241 e. The molecule has 7 heteroatoms. The number of nitrogens with one attached hydrogen (secondary N) is 2. The van der Waals surface area contributed by atoms with Gasteiger partial charge in [-0.15, -0.1) is 0 Å². The fourth-order valence-corrected chi connectivity index (χ4v) is 3.65. The molecule has 0 spiro atoms. The van der Waals surface area contributed by atoms with Gasteiger partial charge in [0.2, 0.25) is 15.9 Å². The summed E-state index contributed by atoms with van der Waals surface area (Å²) in [6.45, 7) is 6.65.